The van der Waals surface area contributed by atoms with E-state index in [4.69, 9.17) is 0 Å². The highest BCUT2D eigenvalue weighted by molar-refractivity contribution is 5.48. The molecule has 1 N–H and O–H groups in total. The lowest BCUT2D eigenvalue weighted by Crippen LogP contribution is -2.35. The first-order valence-electron chi connectivity index (χ1n) is 8.00. The molecule has 1 fully saturated rings. The molecule has 0 unspecified atom stereocenters. The van der Waals surface area contributed by atoms with Gasteiger partial charge >= 0.3 is 0 Å². The Morgan fingerprint density at radius 3 is 2.86 bits per heavy atom. The van der Waals surface area contributed by atoms with Gasteiger partial charge in [-0.25, -0.2) is 9.97 Å². The highest BCUT2D eigenvalue weighted by atomic mass is 15.4. The van der Waals surface area contributed by atoms with Crippen LogP contribution in [0.3, 0.4) is 0 Å². The van der Waals surface area contributed by atoms with Crippen LogP contribution in [0.5, 0.6) is 0 Å². The number of hydrogen-bond donors (Lipinski definition) is 1. The largest absolute Gasteiger partial charge is 0.370 e. The lowest BCUT2D eigenvalue weighted by Gasteiger charge is -2.32. The van der Waals surface area contributed by atoms with Crippen LogP contribution in [0.4, 0.5) is 11.6 Å². The summed E-state index contributed by atoms with van der Waals surface area (Å²) in [6.07, 6.45) is 8.72. The van der Waals surface area contributed by atoms with E-state index in [-0.39, 0.29) is 0 Å². The molecule has 0 spiro atoms. The molecule has 0 amide bonds. The number of hydrogen-bond acceptors (Lipinski definition) is 6. The monoisotopic (exact) mass is 301 g/mol. The molecule has 118 valence electrons. The fraction of sp³-hybridized carbons (Fsp3) is 0.600. The SMILES string of the molecule is CCCNc1cc(N2CCC(Cn3ccnn3)CC2)ncn1. The normalized spacial score (nSPS) is 16.0. The minimum absolute atomic E-state index is 0.664. The van der Waals surface area contributed by atoms with Crippen molar-refractivity contribution in [2.75, 3.05) is 29.9 Å². The molecule has 0 saturated carbocycles. The van der Waals surface area contributed by atoms with Crippen LogP contribution in [0.1, 0.15) is 26.2 Å². The Kier molecular flexibility index (Phi) is 4.82. The predicted octanol–water partition coefficient (Wildman–Crippen LogP) is 1.81. The number of aromatic nitrogens is 5. The van der Waals surface area contributed by atoms with Crippen LogP contribution >= 0.6 is 0 Å². The van der Waals surface area contributed by atoms with Gasteiger partial charge in [-0.2, -0.15) is 0 Å². The van der Waals surface area contributed by atoms with E-state index < -0.39 is 0 Å². The molecule has 3 rings (SSSR count). The maximum atomic E-state index is 4.42. The van der Waals surface area contributed by atoms with Gasteiger partial charge in [0.2, 0.25) is 0 Å². The van der Waals surface area contributed by atoms with Crippen molar-refractivity contribution < 1.29 is 0 Å². The zero-order chi connectivity index (χ0) is 15.2. The first-order chi connectivity index (χ1) is 10.8. The van der Waals surface area contributed by atoms with E-state index in [2.05, 4.69) is 37.4 Å². The lowest BCUT2D eigenvalue weighted by atomic mass is 9.97. The molecule has 0 atom stereocenters. The molecule has 2 aromatic heterocycles. The van der Waals surface area contributed by atoms with Gasteiger partial charge in [-0.15, -0.1) is 5.10 Å². The first kappa shape index (κ1) is 14.7. The van der Waals surface area contributed by atoms with Crippen LogP contribution in [0.2, 0.25) is 0 Å². The van der Waals surface area contributed by atoms with E-state index in [0.29, 0.717) is 5.92 Å². The van der Waals surface area contributed by atoms with Crippen molar-refractivity contribution in [3.05, 3.63) is 24.8 Å². The van der Waals surface area contributed by atoms with E-state index in [1.54, 1.807) is 12.5 Å². The van der Waals surface area contributed by atoms with Crippen molar-refractivity contribution in [1.82, 2.24) is 25.0 Å². The fourth-order valence-electron chi connectivity index (χ4n) is 2.81. The standard InChI is InChI=1S/C15H23N7/c1-2-5-16-14-10-15(18-12-17-14)21-7-3-13(4-8-21)11-22-9-6-19-20-22/h6,9-10,12-13H,2-5,7-8,11H2,1H3,(H,16,17,18). The van der Waals surface area contributed by atoms with Crippen LogP contribution in [0.25, 0.3) is 0 Å². The molecule has 0 aromatic carbocycles. The molecule has 1 aliphatic heterocycles. The van der Waals surface area contributed by atoms with Gasteiger partial charge in [0.1, 0.15) is 18.0 Å². The van der Waals surface area contributed by atoms with Crippen molar-refractivity contribution in [3.8, 4) is 0 Å². The second-order valence-electron chi connectivity index (χ2n) is 5.74. The van der Waals surface area contributed by atoms with Gasteiger partial charge < -0.3 is 10.2 Å². The van der Waals surface area contributed by atoms with Crippen LogP contribution in [0, 0.1) is 5.92 Å². The molecule has 1 saturated heterocycles. The number of anilines is 2. The molecular weight excluding hydrogens is 278 g/mol. The quantitative estimate of drug-likeness (QED) is 0.877. The average molecular weight is 301 g/mol. The van der Waals surface area contributed by atoms with Gasteiger partial charge in [0.15, 0.2) is 0 Å². The van der Waals surface area contributed by atoms with E-state index in [0.717, 1.165) is 57.1 Å². The third-order valence-electron chi connectivity index (χ3n) is 4.06. The fourth-order valence-corrected chi connectivity index (χ4v) is 2.81. The number of piperidine rings is 1. The van der Waals surface area contributed by atoms with Crippen LogP contribution in [-0.4, -0.2) is 44.6 Å². The summed E-state index contributed by atoms with van der Waals surface area (Å²) in [6.45, 7) is 6.11. The predicted molar refractivity (Wildman–Crippen MR) is 85.8 cm³/mol. The number of nitrogens with one attached hydrogen (secondary N) is 1. The minimum Gasteiger partial charge on any atom is -0.370 e. The number of rotatable bonds is 6. The van der Waals surface area contributed by atoms with Crippen molar-refractivity contribution >= 4 is 11.6 Å². The second-order valence-corrected chi connectivity index (χ2v) is 5.74. The smallest absolute Gasteiger partial charge is 0.134 e. The summed E-state index contributed by atoms with van der Waals surface area (Å²) in [5.41, 5.74) is 0. The molecule has 2 aromatic rings. The highest BCUT2D eigenvalue weighted by Gasteiger charge is 2.21. The van der Waals surface area contributed by atoms with Gasteiger partial charge in [-0.05, 0) is 25.2 Å². The zero-order valence-electron chi connectivity index (χ0n) is 13.0. The van der Waals surface area contributed by atoms with Gasteiger partial charge in [-0.3, -0.25) is 4.68 Å². The van der Waals surface area contributed by atoms with Crippen molar-refractivity contribution in [2.45, 2.75) is 32.7 Å². The van der Waals surface area contributed by atoms with E-state index in [1.807, 2.05) is 16.9 Å². The van der Waals surface area contributed by atoms with Crippen LogP contribution in [0.15, 0.2) is 24.8 Å². The maximum absolute atomic E-state index is 4.42. The van der Waals surface area contributed by atoms with E-state index in [9.17, 15) is 0 Å². The van der Waals surface area contributed by atoms with Gasteiger partial charge in [-0.1, -0.05) is 12.1 Å². The van der Waals surface area contributed by atoms with E-state index in [1.165, 1.54) is 0 Å². The summed E-state index contributed by atoms with van der Waals surface area (Å²) in [6, 6.07) is 2.05. The minimum atomic E-state index is 0.664. The molecule has 1 aliphatic rings. The second kappa shape index (κ2) is 7.20. The summed E-state index contributed by atoms with van der Waals surface area (Å²) in [5.74, 6) is 2.60. The Morgan fingerprint density at radius 1 is 1.27 bits per heavy atom. The molecule has 3 heterocycles. The topological polar surface area (TPSA) is 71.8 Å². The van der Waals surface area contributed by atoms with E-state index >= 15 is 0 Å². The Balaban J connectivity index is 1.54. The lowest BCUT2D eigenvalue weighted by molar-refractivity contribution is 0.338. The summed E-state index contributed by atoms with van der Waals surface area (Å²) < 4.78 is 1.93. The molecule has 0 radical (unpaired) electrons. The number of nitrogens with zero attached hydrogens (tertiary/aromatic N) is 6. The molecule has 22 heavy (non-hydrogen) atoms. The van der Waals surface area contributed by atoms with Crippen molar-refractivity contribution in [3.63, 3.8) is 0 Å². The molecule has 0 bridgehead atoms. The summed E-state index contributed by atoms with van der Waals surface area (Å²) in [5, 5.41) is 11.2. The maximum Gasteiger partial charge on any atom is 0.134 e. The van der Waals surface area contributed by atoms with Crippen molar-refractivity contribution in [1.29, 1.82) is 0 Å². The Bertz CT molecular complexity index is 561. The Morgan fingerprint density at radius 2 is 2.14 bits per heavy atom. The first-order valence-corrected chi connectivity index (χ1v) is 8.00. The summed E-state index contributed by atoms with van der Waals surface area (Å²) in [7, 11) is 0. The Labute approximate surface area is 130 Å². The molecular formula is C15H23N7. The van der Waals surface area contributed by atoms with Gasteiger partial charge in [0.05, 0.1) is 6.20 Å². The van der Waals surface area contributed by atoms with Gasteiger partial charge in [0, 0.05) is 38.4 Å². The van der Waals surface area contributed by atoms with Crippen LogP contribution in [-0.2, 0) is 6.54 Å². The molecule has 7 nitrogen and oxygen atoms in total. The summed E-state index contributed by atoms with van der Waals surface area (Å²) >= 11 is 0. The highest BCUT2D eigenvalue weighted by Crippen LogP contribution is 2.23. The van der Waals surface area contributed by atoms with Crippen LogP contribution < -0.4 is 10.2 Å². The molecule has 0 aliphatic carbocycles. The van der Waals surface area contributed by atoms with Gasteiger partial charge in [0.25, 0.3) is 0 Å². The van der Waals surface area contributed by atoms with Crippen molar-refractivity contribution in [2.24, 2.45) is 5.92 Å². The third kappa shape index (κ3) is 3.72. The molecule has 7 heteroatoms. The Hall–Kier alpha value is -2.18. The third-order valence-corrected chi connectivity index (χ3v) is 4.06. The summed E-state index contributed by atoms with van der Waals surface area (Å²) in [4.78, 5) is 11.0. The average Bonchev–Trinajstić information content (AvgIpc) is 3.07. The zero-order valence-corrected chi connectivity index (χ0v) is 13.0.